The van der Waals surface area contributed by atoms with Gasteiger partial charge in [-0.25, -0.2) is 4.79 Å². The van der Waals surface area contributed by atoms with Crippen LogP contribution in [0.2, 0.25) is 0 Å². The zero-order valence-electron chi connectivity index (χ0n) is 10.4. The molecule has 18 heavy (non-hydrogen) atoms. The first-order chi connectivity index (χ1) is 8.86. The van der Waals surface area contributed by atoms with Gasteiger partial charge in [-0.15, -0.1) is 0 Å². The van der Waals surface area contributed by atoms with Gasteiger partial charge in [-0.05, 0) is 23.6 Å². The first kappa shape index (κ1) is 12.3. The highest BCUT2D eigenvalue weighted by Crippen LogP contribution is 2.32. The minimum absolute atomic E-state index is 0.677. The van der Waals surface area contributed by atoms with E-state index in [9.17, 15) is 4.79 Å². The lowest BCUT2D eigenvalue weighted by atomic mass is 9.96. The van der Waals surface area contributed by atoms with Gasteiger partial charge in [-0.1, -0.05) is 55.8 Å². The molecule has 0 radical (unpaired) electrons. The van der Waals surface area contributed by atoms with E-state index in [0.717, 1.165) is 24.0 Å². The molecule has 2 aromatic carbocycles. The minimum Gasteiger partial charge on any atom is -0.211 e. The quantitative estimate of drug-likeness (QED) is 0.576. The van der Waals surface area contributed by atoms with Crippen molar-refractivity contribution in [2.45, 2.75) is 19.8 Å². The summed E-state index contributed by atoms with van der Waals surface area (Å²) in [5.74, 6) is 0. The van der Waals surface area contributed by atoms with E-state index in [1.54, 1.807) is 6.08 Å². The second kappa shape index (κ2) is 5.95. The summed E-state index contributed by atoms with van der Waals surface area (Å²) in [6, 6.07) is 15.9. The lowest BCUT2D eigenvalue weighted by Gasteiger charge is -2.10. The molecule has 0 aromatic heterocycles. The monoisotopic (exact) mass is 237 g/mol. The molecule has 2 rings (SSSR count). The average Bonchev–Trinajstić information content (AvgIpc) is 2.41. The van der Waals surface area contributed by atoms with E-state index in [4.69, 9.17) is 0 Å². The molecule has 0 amide bonds. The van der Waals surface area contributed by atoms with Gasteiger partial charge in [0.1, 0.15) is 0 Å². The summed E-state index contributed by atoms with van der Waals surface area (Å²) < 4.78 is 0. The standard InChI is InChI=1S/C16H15NO/c1-2-7-13-8-3-4-9-14(13)15-10-5-6-11-16(15)17-12-18/h3-6,8-11H,2,7H2,1H3. The van der Waals surface area contributed by atoms with Crippen molar-refractivity contribution >= 4 is 11.8 Å². The van der Waals surface area contributed by atoms with Crippen molar-refractivity contribution in [3.8, 4) is 11.1 Å². The normalized spacial score (nSPS) is 9.83. The molecular formula is C16H15NO. The highest BCUT2D eigenvalue weighted by atomic mass is 16.1. The topological polar surface area (TPSA) is 29.4 Å². The first-order valence-electron chi connectivity index (χ1n) is 6.12. The molecule has 0 saturated carbocycles. The molecule has 2 aromatic rings. The molecule has 0 spiro atoms. The maximum atomic E-state index is 10.5. The van der Waals surface area contributed by atoms with Gasteiger partial charge < -0.3 is 0 Å². The molecule has 2 nitrogen and oxygen atoms in total. The third kappa shape index (κ3) is 2.55. The fourth-order valence-corrected chi connectivity index (χ4v) is 2.12. The maximum absolute atomic E-state index is 10.5. The molecule has 0 bridgehead atoms. The SMILES string of the molecule is CCCc1ccccc1-c1ccccc1N=C=O. The maximum Gasteiger partial charge on any atom is 0.240 e. The molecule has 0 aliphatic rings. The third-order valence-electron chi connectivity index (χ3n) is 2.90. The van der Waals surface area contributed by atoms with E-state index in [1.807, 2.05) is 36.4 Å². The van der Waals surface area contributed by atoms with Crippen molar-refractivity contribution in [1.29, 1.82) is 0 Å². The van der Waals surface area contributed by atoms with Crippen molar-refractivity contribution in [1.82, 2.24) is 0 Å². The average molecular weight is 237 g/mol. The Balaban J connectivity index is 2.58. The number of isocyanates is 1. The largest absolute Gasteiger partial charge is 0.240 e. The predicted molar refractivity (Wildman–Crippen MR) is 73.7 cm³/mol. The van der Waals surface area contributed by atoms with Gasteiger partial charge in [0.2, 0.25) is 6.08 Å². The molecule has 2 heteroatoms. The number of carbonyl (C=O) groups excluding carboxylic acids is 1. The summed E-state index contributed by atoms with van der Waals surface area (Å²) in [5.41, 5.74) is 4.10. The molecule has 0 aliphatic carbocycles. The zero-order chi connectivity index (χ0) is 12.8. The Morgan fingerprint density at radius 1 is 1.00 bits per heavy atom. The number of benzene rings is 2. The van der Waals surface area contributed by atoms with Crippen LogP contribution in [0.3, 0.4) is 0 Å². The summed E-state index contributed by atoms with van der Waals surface area (Å²) in [4.78, 5) is 14.3. The molecule has 0 heterocycles. The Labute approximate surface area is 107 Å². The van der Waals surface area contributed by atoms with E-state index >= 15 is 0 Å². The van der Waals surface area contributed by atoms with Gasteiger partial charge in [0, 0.05) is 5.56 Å². The van der Waals surface area contributed by atoms with Crippen molar-refractivity contribution in [2.24, 2.45) is 4.99 Å². The van der Waals surface area contributed by atoms with E-state index in [-0.39, 0.29) is 0 Å². The summed E-state index contributed by atoms with van der Waals surface area (Å²) >= 11 is 0. The number of aryl methyl sites for hydroxylation is 1. The number of nitrogens with zero attached hydrogens (tertiary/aromatic N) is 1. The molecule has 0 unspecified atom stereocenters. The van der Waals surface area contributed by atoms with E-state index in [1.165, 1.54) is 5.56 Å². The number of rotatable bonds is 4. The molecule has 0 atom stereocenters. The van der Waals surface area contributed by atoms with Crippen LogP contribution >= 0.6 is 0 Å². The van der Waals surface area contributed by atoms with Crippen LogP contribution in [0.15, 0.2) is 53.5 Å². The van der Waals surface area contributed by atoms with Gasteiger partial charge in [-0.3, -0.25) is 0 Å². The van der Waals surface area contributed by atoms with Gasteiger partial charge in [0.15, 0.2) is 0 Å². The molecule has 90 valence electrons. The Morgan fingerprint density at radius 2 is 1.67 bits per heavy atom. The lowest BCUT2D eigenvalue weighted by molar-refractivity contribution is 0.565. The lowest BCUT2D eigenvalue weighted by Crippen LogP contribution is -1.89. The van der Waals surface area contributed by atoms with Crippen molar-refractivity contribution < 1.29 is 4.79 Å². The zero-order valence-corrected chi connectivity index (χ0v) is 10.4. The molecule has 0 aliphatic heterocycles. The van der Waals surface area contributed by atoms with E-state index in [2.05, 4.69) is 24.0 Å². The number of aliphatic imine (C=N–C) groups is 1. The Hall–Kier alpha value is -2.18. The Morgan fingerprint density at radius 3 is 2.39 bits per heavy atom. The molecular weight excluding hydrogens is 222 g/mol. The summed E-state index contributed by atoms with van der Waals surface area (Å²) in [5, 5.41) is 0. The van der Waals surface area contributed by atoms with Crippen LogP contribution in [0.4, 0.5) is 5.69 Å². The van der Waals surface area contributed by atoms with Crippen LogP contribution in [-0.4, -0.2) is 6.08 Å². The van der Waals surface area contributed by atoms with Gasteiger partial charge in [0.25, 0.3) is 0 Å². The molecule has 0 N–H and O–H groups in total. The summed E-state index contributed by atoms with van der Waals surface area (Å²) in [6.07, 6.45) is 3.74. The van der Waals surface area contributed by atoms with E-state index in [0.29, 0.717) is 5.69 Å². The fraction of sp³-hybridized carbons (Fsp3) is 0.188. The van der Waals surface area contributed by atoms with Gasteiger partial charge in [0.05, 0.1) is 5.69 Å². The molecule has 0 fully saturated rings. The Bertz CT molecular complexity index is 583. The molecule has 0 saturated heterocycles. The highest BCUT2D eigenvalue weighted by Gasteiger charge is 2.07. The van der Waals surface area contributed by atoms with Crippen LogP contribution in [0.25, 0.3) is 11.1 Å². The fourth-order valence-electron chi connectivity index (χ4n) is 2.12. The second-order valence-electron chi connectivity index (χ2n) is 4.13. The highest BCUT2D eigenvalue weighted by molar-refractivity contribution is 5.79. The van der Waals surface area contributed by atoms with Crippen LogP contribution < -0.4 is 0 Å². The smallest absolute Gasteiger partial charge is 0.211 e. The van der Waals surface area contributed by atoms with Gasteiger partial charge >= 0.3 is 0 Å². The van der Waals surface area contributed by atoms with Crippen LogP contribution in [0.5, 0.6) is 0 Å². The second-order valence-corrected chi connectivity index (χ2v) is 4.13. The van der Waals surface area contributed by atoms with Crippen LogP contribution in [-0.2, 0) is 11.2 Å². The van der Waals surface area contributed by atoms with Gasteiger partial charge in [-0.2, -0.15) is 4.99 Å². The summed E-state index contributed by atoms with van der Waals surface area (Å²) in [6.45, 7) is 2.16. The minimum atomic E-state index is 0.677. The van der Waals surface area contributed by atoms with E-state index < -0.39 is 0 Å². The number of hydrogen-bond acceptors (Lipinski definition) is 2. The third-order valence-corrected chi connectivity index (χ3v) is 2.90. The Kier molecular flexibility index (Phi) is 4.06. The van der Waals surface area contributed by atoms with Crippen molar-refractivity contribution in [3.63, 3.8) is 0 Å². The predicted octanol–water partition coefficient (Wildman–Crippen LogP) is 4.27. The van der Waals surface area contributed by atoms with Crippen molar-refractivity contribution in [3.05, 3.63) is 54.1 Å². The summed E-state index contributed by atoms with van der Waals surface area (Å²) in [7, 11) is 0. The van der Waals surface area contributed by atoms with Crippen LogP contribution in [0.1, 0.15) is 18.9 Å². The first-order valence-corrected chi connectivity index (χ1v) is 6.12. The number of para-hydroxylation sites is 1. The van der Waals surface area contributed by atoms with Crippen LogP contribution in [0, 0.1) is 0 Å². The van der Waals surface area contributed by atoms with Crippen molar-refractivity contribution in [2.75, 3.05) is 0 Å². The number of hydrogen-bond donors (Lipinski definition) is 0.